The van der Waals surface area contributed by atoms with Crippen LogP contribution in [0.25, 0.3) is 0 Å². The lowest BCUT2D eigenvalue weighted by Gasteiger charge is -2.17. The number of carbonyl (C=O) groups is 1. The number of halogens is 1. The van der Waals surface area contributed by atoms with Gasteiger partial charge in [0.05, 0.1) is 12.1 Å². The zero-order valence-electron chi connectivity index (χ0n) is 12.3. The van der Waals surface area contributed by atoms with Crippen LogP contribution in [0.2, 0.25) is 0 Å². The van der Waals surface area contributed by atoms with Crippen molar-refractivity contribution in [2.75, 3.05) is 7.05 Å². The molecule has 0 fully saturated rings. The van der Waals surface area contributed by atoms with Crippen LogP contribution in [0.15, 0.2) is 39.4 Å². The molecule has 0 saturated heterocycles. The summed E-state index contributed by atoms with van der Waals surface area (Å²) in [6, 6.07) is 8.74. The second-order valence-corrected chi connectivity index (χ2v) is 6.08. The Labute approximate surface area is 132 Å². The van der Waals surface area contributed by atoms with Crippen LogP contribution in [0.5, 0.6) is 5.75 Å². The average Bonchev–Trinajstić information content (AvgIpc) is 2.83. The SMILES string of the molecule is CC(C)c1ccc(O)c(C(=O)N(C)Cc2ccc(Br)o2)c1. The first kappa shape index (κ1) is 15.6. The van der Waals surface area contributed by atoms with E-state index in [2.05, 4.69) is 15.9 Å². The van der Waals surface area contributed by atoms with Gasteiger partial charge in [-0.1, -0.05) is 19.9 Å². The van der Waals surface area contributed by atoms with E-state index in [-0.39, 0.29) is 11.7 Å². The molecular formula is C16H18BrNO3. The number of aromatic hydroxyl groups is 1. The van der Waals surface area contributed by atoms with Crippen molar-refractivity contribution >= 4 is 21.8 Å². The standard InChI is InChI=1S/C16H18BrNO3/c1-10(2)11-4-6-14(19)13(8-11)16(20)18(3)9-12-5-7-15(17)21-12/h4-8,10,19H,9H2,1-3H3. The van der Waals surface area contributed by atoms with Crippen LogP contribution in [-0.2, 0) is 6.54 Å². The van der Waals surface area contributed by atoms with Gasteiger partial charge in [0.15, 0.2) is 4.67 Å². The maximum absolute atomic E-state index is 12.5. The molecule has 0 bridgehead atoms. The van der Waals surface area contributed by atoms with Gasteiger partial charge >= 0.3 is 0 Å². The number of rotatable bonds is 4. The van der Waals surface area contributed by atoms with E-state index < -0.39 is 0 Å². The molecule has 0 aliphatic heterocycles. The maximum Gasteiger partial charge on any atom is 0.257 e. The molecule has 21 heavy (non-hydrogen) atoms. The fourth-order valence-electron chi connectivity index (χ4n) is 2.03. The zero-order chi connectivity index (χ0) is 15.6. The van der Waals surface area contributed by atoms with E-state index in [0.717, 1.165) is 5.56 Å². The number of furan rings is 1. The third-order valence-corrected chi connectivity index (χ3v) is 3.71. The Morgan fingerprint density at radius 3 is 2.62 bits per heavy atom. The molecule has 112 valence electrons. The maximum atomic E-state index is 12.5. The quantitative estimate of drug-likeness (QED) is 0.900. The normalized spacial score (nSPS) is 10.9. The lowest BCUT2D eigenvalue weighted by molar-refractivity contribution is 0.0772. The number of phenols is 1. The molecule has 0 aliphatic carbocycles. The summed E-state index contributed by atoms with van der Waals surface area (Å²) in [5.41, 5.74) is 1.33. The zero-order valence-corrected chi connectivity index (χ0v) is 13.8. The summed E-state index contributed by atoms with van der Waals surface area (Å²) >= 11 is 3.23. The molecule has 0 radical (unpaired) electrons. The Morgan fingerprint density at radius 1 is 1.33 bits per heavy atom. The number of phenolic OH excluding ortho intramolecular Hbond substituents is 1. The summed E-state index contributed by atoms with van der Waals surface area (Å²) in [6.45, 7) is 4.44. The lowest BCUT2D eigenvalue weighted by Crippen LogP contribution is -2.26. The van der Waals surface area contributed by atoms with Gasteiger partial charge in [-0.3, -0.25) is 4.79 Å². The van der Waals surface area contributed by atoms with Gasteiger partial charge in [-0.15, -0.1) is 0 Å². The van der Waals surface area contributed by atoms with E-state index in [0.29, 0.717) is 28.5 Å². The van der Waals surface area contributed by atoms with Crippen molar-refractivity contribution in [2.45, 2.75) is 26.3 Å². The first-order chi connectivity index (χ1) is 9.88. The van der Waals surface area contributed by atoms with Crippen molar-refractivity contribution in [2.24, 2.45) is 0 Å². The average molecular weight is 352 g/mol. The molecule has 5 heteroatoms. The van der Waals surface area contributed by atoms with E-state index in [9.17, 15) is 9.90 Å². The molecule has 0 saturated carbocycles. The first-order valence-corrected chi connectivity index (χ1v) is 7.50. The van der Waals surface area contributed by atoms with Crippen LogP contribution in [0.1, 0.15) is 41.4 Å². The number of hydrogen-bond donors (Lipinski definition) is 1. The topological polar surface area (TPSA) is 53.7 Å². The fourth-order valence-corrected chi connectivity index (χ4v) is 2.37. The van der Waals surface area contributed by atoms with E-state index in [4.69, 9.17) is 4.42 Å². The third-order valence-electron chi connectivity index (χ3n) is 3.29. The number of benzene rings is 1. The molecule has 0 atom stereocenters. The van der Waals surface area contributed by atoms with Crippen LogP contribution < -0.4 is 0 Å². The predicted molar refractivity (Wildman–Crippen MR) is 84.4 cm³/mol. The Kier molecular flexibility index (Phi) is 4.73. The molecule has 2 rings (SSSR count). The number of hydrogen-bond acceptors (Lipinski definition) is 3. The van der Waals surface area contributed by atoms with Crippen molar-refractivity contribution in [3.8, 4) is 5.75 Å². The highest BCUT2D eigenvalue weighted by molar-refractivity contribution is 9.10. The minimum absolute atomic E-state index is 0.00289. The second-order valence-electron chi connectivity index (χ2n) is 5.30. The molecule has 1 amide bonds. The molecule has 0 aliphatic rings. The summed E-state index contributed by atoms with van der Waals surface area (Å²) in [4.78, 5) is 14.0. The molecule has 0 spiro atoms. The third kappa shape index (κ3) is 3.67. The van der Waals surface area contributed by atoms with Crippen molar-refractivity contribution in [1.82, 2.24) is 4.90 Å². The van der Waals surface area contributed by atoms with Gasteiger partial charge < -0.3 is 14.4 Å². The van der Waals surface area contributed by atoms with Crippen LogP contribution in [-0.4, -0.2) is 23.0 Å². The molecule has 1 aromatic heterocycles. The fraction of sp³-hybridized carbons (Fsp3) is 0.312. The van der Waals surface area contributed by atoms with Crippen molar-refractivity contribution in [3.63, 3.8) is 0 Å². The number of amides is 1. The second kappa shape index (κ2) is 6.35. The summed E-state index contributed by atoms with van der Waals surface area (Å²) in [7, 11) is 1.68. The van der Waals surface area contributed by atoms with Gasteiger partial charge in [0.2, 0.25) is 0 Å². The predicted octanol–water partition coefficient (Wildman–Crippen LogP) is 4.14. The van der Waals surface area contributed by atoms with Crippen LogP contribution in [0, 0.1) is 0 Å². The van der Waals surface area contributed by atoms with Crippen LogP contribution in [0.4, 0.5) is 0 Å². The highest BCUT2D eigenvalue weighted by atomic mass is 79.9. The Balaban J connectivity index is 2.20. The Bertz CT molecular complexity index is 649. The minimum Gasteiger partial charge on any atom is -0.507 e. The Hall–Kier alpha value is -1.75. The molecule has 1 heterocycles. The van der Waals surface area contributed by atoms with Crippen LogP contribution in [0.3, 0.4) is 0 Å². The summed E-state index contributed by atoms with van der Waals surface area (Å²) in [6.07, 6.45) is 0. The van der Waals surface area contributed by atoms with Crippen molar-refractivity contribution in [1.29, 1.82) is 0 Å². The largest absolute Gasteiger partial charge is 0.507 e. The smallest absolute Gasteiger partial charge is 0.257 e. The van der Waals surface area contributed by atoms with E-state index in [1.165, 1.54) is 4.90 Å². The van der Waals surface area contributed by atoms with E-state index in [1.54, 1.807) is 31.3 Å². The molecule has 4 nitrogen and oxygen atoms in total. The lowest BCUT2D eigenvalue weighted by atomic mass is 10.00. The summed E-state index contributed by atoms with van der Waals surface area (Å²) in [5, 5.41) is 9.93. The monoisotopic (exact) mass is 351 g/mol. The van der Waals surface area contributed by atoms with Crippen molar-refractivity contribution in [3.05, 3.63) is 51.9 Å². The number of nitrogens with zero attached hydrogens (tertiary/aromatic N) is 1. The number of carbonyl (C=O) groups excluding carboxylic acids is 1. The molecular weight excluding hydrogens is 334 g/mol. The van der Waals surface area contributed by atoms with Crippen LogP contribution >= 0.6 is 15.9 Å². The summed E-state index contributed by atoms with van der Waals surface area (Å²) in [5.74, 6) is 0.736. The highest BCUT2D eigenvalue weighted by Crippen LogP contribution is 2.25. The van der Waals surface area contributed by atoms with Gasteiger partial charge in [-0.05, 0) is 51.7 Å². The molecule has 1 N–H and O–H groups in total. The van der Waals surface area contributed by atoms with E-state index in [1.807, 2.05) is 19.9 Å². The molecule has 2 aromatic rings. The highest BCUT2D eigenvalue weighted by Gasteiger charge is 2.18. The van der Waals surface area contributed by atoms with Gasteiger partial charge in [0, 0.05) is 7.05 Å². The first-order valence-electron chi connectivity index (χ1n) is 6.71. The Morgan fingerprint density at radius 2 is 2.05 bits per heavy atom. The van der Waals surface area contributed by atoms with Gasteiger partial charge in [-0.2, -0.15) is 0 Å². The van der Waals surface area contributed by atoms with Gasteiger partial charge in [0.1, 0.15) is 11.5 Å². The van der Waals surface area contributed by atoms with E-state index >= 15 is 0 Å². The van der Waals surface area contributed by atoms with Crippen molar-refractivity contribution < 1.29 is 14.3 Å². The van der Waals surface area contributed by atoms with Gasteiger partial charge in [0.25, 0.3) is 5.91 Å². The molecule has 0 unspecified atom stereocenters. The minimum atomic E-state index is -0.234. The van der Waals surface area contributed by atoms with Gasteiger partial charge in [-0.25, -0.2) is 0 Å². The summed E-state index contributed by atoms with van der Waals surface area (Å²) < 4.78 is 6.02. The molecule has 1 aromatic carbocycles.